The van der Waals surface area contributed by atoms with Crippen molar-refractivity contribution < 1.29 is 4.74 Å². The van der Waals surface area contributed by atoms with Crippen LogP contribution in [0, 0.1) is 0 Å². The Kier molecular flexibility index (Phi) is 7.51. The number of ether oxygens (including phenoxy) is 1. The van der Waals surface area contributed by atoms with Crippen LogP contribution in [0.4, 0.5) is 0 Å². The van der Waals surface area contributed by atoms with E-state index in [0.29, 0.717) is 43.2 Å². The highest BCUT2D eigenvalue weighted by Gasteiger charge is 2.17. The van der Waals surface area contributed by atoms with E-state index in [-0.39, 0.29) is 11.2 Å². The zero-order valence-electron chi connectivity index (χ0n) is 18.6. The molecule has 0 unspecified atom stereocenters. The maximum Gasteiger partial charge on any atom is 0.332 e. The number of benzene rings is 1. The molecule has 0 radical (unpaired) electrons. The SMILES string of the molecule is CCn1c(=O)c2c(nc(C=Cc3ccc(OCCCCN=[N+]=[N-])cc3)n2C)n(CC)c1=O. The minimum atomic E-state index is -0.338. The average Bonchev–Trinajstić information content (AvgIpc) is 3.12. The maximum atomic E-state index is 12.8. The number of fused-ring (bicyclic) bond motifs is 1. The van der Waals surface area contributed by atoms with Crippen LogP contribution in [0.15, 0.2) is 39.0 Å². The van der Waals surface area contributed by atoms with E-state index in [1.165, 1.54) is 9.13 Å². The summed E-state index contributed by atoms with van der Waals surface area (Å²) in [5, 5.41) is 3.50. The van der Waals surface area contributed by atoms with Crippen LogP contribution in [0.2, 0.25) is 0 Å². The molecule has 32 heavy (non-hydrogen) atoms. The second-order valence-electron chi connectivity index (χ2n) is 7.19. The van der Waals surface area contributed by atoms with Gasteiger partial charge in [-0.2, -0.15) is 0 Å². The normalized spacial score (nSPS) is 11.2. The van der Waals surface area contributed by atoms with Crippen molar-refractivity contribution in [3.63, 3.8) is 0 Å². The largest absolute Gasteiger partial charge is 0.494 e. The Bertz CT molecular complexity index is 1280. The van der Waals surface area contributed by atoms with Gasteiger partial charge in [-0.1, -0.05) is 23.3 Å². The molecule has 0 fully saturated rings. The van der Waals surface area contributed by atoms with Gasteiger partial charge in [-0.15, -0.1) is 0 Å². The van der Waals surface area contributed by atoms with Gasteiger partial charge >= 0.3 is 5.69 Å². The molecule has 0 amide bonds. The van der Waals surface area contributed by atoms with Crippen LogP contribution in [-0.2, 0) is 20.1 Å². The van der Waals surface area contributed by atoms with E-state index in [1.54, 1.807) is 18.5 Å². The van der Waals surface area contributed by atoms with E-state index < -0.39 is 0 Å². The third-order valence-corrected chi connectivity index (χ3v) is 5.20. The highest BCUT2D eigenvalue weighted by Crippen LogP contribution is 2.16. The van der Waals surface area contributed by atoms with E-state index in [4.69, 9.17) is 10.3 Å². The Balaban J connectivity index is 1.78. The second kappa shape index (κ2) is 10.5. The molecular formula is C22H27N7O3. The van der Waals surface area contributed by atoms with Gasteiger partial charge in [-0.3, -0.25) is 13.9 Å². The molecule has 0 bridgehead atoms. The standard InChI is InChI=1S/C22H27N7O3/c1-4-28-20-19(21(30)29(5-2)22(28)31)27(3)18(25-20)13-10-16-8-11-17(12-9-16)32-15-7-6-14-24-26-23/h8-13H,4-7,14-15H2,1-3H3. The molecule has 0 aliphatic rings. The van der Waals surface area contributed by atoms with Crippen molar-refractivity contribution in [1.29, 1.82) is 0 Å². The summed E-state index contributed by atoms with van der Waals surface area (Å²) in [6.07, 6.45) is 5.33. The van der Waals surface area contributed by atoms with Crippen LogP contribution in [0.1, 0.15) is 38.1 Å². The zero-order valence-corrected chi connectivity index (χ0v) is 18.6. The summed E-state index contributed by atoms with van der Waals surface area (Å²) in [7, 11) is 1.78. The number of nitrogens with zero attached hydrogens (tertiary/aromatic N) is 7. The van der Waals surface area contributed by atoms with Crippen molar-refractivity contribution in [3.8, 4) is 5.75 Å². The molecule has 2 aromatic heterocycles. The first-order valence-electron chi connectivity index (χ1n) is 10.6. The highest BCUT2D eigenvalue weighted by molar-refractivity contribution is 5.76. The predicted molar refractivity (Wildman–Crippen MR) is 125 cm³/mol. The molecule has 3 aromatic rings. The number of aryl methyl sites for hydroxylation is 2. The second-order valence-corrected chi connectivity index (χ2v) is 7.19. The summed E-state index contributed by atoms with van der Waals surface area (Å²) in [6.45, 7) is 5.42. The first kappa shape index (κ1) is 22.9. The molecule has 0 N–H and O–H groups in total. The smallest absolute Gasteiger partial charge is 0.332 e. The Labute approximate surface area is 185 Å². The quantitative estimate of drug-likeness (QED) is 0.208. The third kappa shape index (κ3) is 4.76. The van der Waals surface area contributed by atoms with Crippen LogP contribution >= 0.6 is 0 Å². The number of unbranched alkanes of at least 4 members (excludes halogenated alkanes) is 1. The van der Waals surface area contributed by atoms with Gasteiger partial charge in [-0.05, 0) is 56.0 Å². The van der Waals surface area contributed by atoms with E-state index in [1.807, 2.05) is 43.3 Å². The van der Waals surface area contributed by atoms with Crippen LogP contribution in [0.25, 0.3) is 33.8 Å². The molecule has 0 aliphatic heterocycles. The average molecular weight is 438 g/mol. The fraction of sp³-hybridized carbons (Fsp3) is 0.409. The zero-order chi connectivity index (χ0) is 23.1. The number of aromatic nitrogens is 4. The van der Waals surface area contributed by atoms with Gasteiger partial charge in [0.15, 0.2) is 11.2 Å². The molecule has 2 heterocycles. The van der Waals surface area contributed by atoms with Crippen LogP contribution in [0.5, 0.6) is 5.75 Å². The summed E-state index contributed by atoms with van der Waals surface area (Å²) in [4.78, 5) is 32.6. The molecule has 10 heteroatoms. The lowest BCUT2D eigenvalue weighted by Gasteiger charge is -2.08. The van der Waals surface area contributed by atoms with Crippen LogP contribution in [-0.4, -0.2) is 31.8 Å². The molecule has 0 atom stereocenters. The van der Waals surface area contributed by atoms with Gasteiger partial charge in [0.2, 0.25) is 0 Å². The van der Waals surface area contributed by atoms with Gasteiger partial charge in [0.1, 0.15) is 11.6 Å². The molecule has 0 spiro atoms. The minimum absolute atomic E-state index is 0.312. The first-order chi connectivity index (χ1) is 15.5. The minimum Gasteiger partial charge on any atom is -0.494 e. The Morgan fingerprint density at radius 1 is 1.09 bits per heavy atom. The van der Waals surface area contributed by atoms with Crippen molar-refractivity contribution in [2.75, 3.05) is 13.2 Å². The lowest BCUT2D eigenvalue weighted by Crippen LogP contribution is -2.39. The molecular weight excluding hydrogens is 410 g/mol. The third-order valence-electron chi connectivity index (χ3n) is 5.20. The lowest BCUT2D eigenvalue weighted by atomic mass is 10.2. The maximum absolute atomic E-state index is 12.8. The van der Waals surface area contributed by atoms with Crippen molar-refractivity contribution in [2.24, 2.45) is 12.2 Å². The molecule has 3 rings (SSSR count). The molecule has 0 saturated carbocycles. The van der Waals surface area contributed by atoms with Gasteiger partial charge in [0.25, 0.3) is 5.56 Å². The number of rotatable bonds is 10. The van der Waals surface area contributed by atoms with Crippen molar-refractivity contribution in [3.05, 3.63) is 66.9 Å². The fourth-order valence-corrected chi connectivity index (χ4v) is 3.46. The Hall–Kier alpha value is -3.78. The van der Waals surface area contributed by atoms with Crippen LogP contribution < -0.4 is 16.0 Å². The summed E-state index contributed by atoms with van der Waals surface area (Å²) < 4.78 is 10.2. The molecule has 10 nitrogen and oxygen atoms in total. The van der Waals surface area contributed by atoms with E-state index in [9.17, 15) is 9.59 Å². The number of azide groups is 1. The summed E-state index contributed by atoms with van der Waals surface area (Å²) >= 11 is 0. The van der Waals surface area contributed by atoms with Crippen molar-refractivity contribution >= 4 is 23.3 Å². The van der Waals surface area contributed by atoms with Gasteiger partial charge in [0, 0.05) is 31.6 Å². The summed E-state index contributed by atoms with van der Waals surface area (Å²) in [6, 6.07) is 7.63. The lowest BCUT2D eigenvalue weighted by molar-refractivity contribution is 0.308. The van der Waals surface area contributed by atoms with Gasteiger partial charge < -0.3 is 9.30 Å². The topological polar surface area (TPSA) is 120 Å². The number of hydrogen-bond acceptors (Lipinski definition) is 5. The number of imidazole rings is 1. The van der Waals surface area contributed by atoms with Gasteiger partial charge in [0.05, 0.1) is 6.61 Å². The van der Waals surface area contributed by atoms with E-state index in [2.05, 4.69) is 15.0 Å². The molecule has 168 valence electrons. The fourth-order valence-electron chi connectivity index (χ4n) is 3.46. The monoisotopic (exact) mass is 437 g/mol. The Morgan fingerprint density at radius 3 is 2.47 bits per heavy atom. The van der Waals surface area contributed by atoms with Crippen molar-refractivity contribution in [2.45, 2.75) is 39.8 Å². The molecule has 0 saturated heterocycles. The predicted octanol–water partition coefficient (Wildman–Crippen LogP) is 3.58. The van der Waals surface area contributed by atoms with Crippen LogP contribution in [0.3, 0.4) is 0 Å². The Morgan fingerprint density at radius 2 is 1.81 bits per heavy atom. The van der Waals surface area contributed by atoms with E-state index >= 15 is 0 Å². The summed E-state index contributed by atoms with van der Waals surface area (Å²) in [5.41, 5.74) is 9.35. The first-order valence-corrected chi connectivity index (χ1v) is 10.6. The number of hydrogen-bond donors (Lipinski definition) is 0. The van der Waals surface area contributed by atoms with Gasteiger partial charge in [-0.25, -0.2) is 9.78 Å². The molecule has 1 aromatic carbocycles. The van der Waals surface area contributed by atoms with E-state index in [0.717, 1.165) is 24.2 Å². The summed E-state index contributed by atoms with van der Waals surface area (Å²) in [5.74, 6) is 1.36. The van der Waals surface area contributed by atoms with Crippen molar-refractivity contribution in [1.82, 2.24) is 18.7 Å². The highest BCUT2D eigenvalue weighted by atomic mass is 16.5. The molecule has 0 aliphatic carbocycles.